The number of hydrogen-bond donors (Lipinski definition) is 1. The summed E-state index contributed by atoms with van der Waals surface area (Å²) in [6, 6.07) is 14.5. The Balaban J connectivity index is 1.74. The second-order valence-corrected chi connectivity index (χ2v) is 5.85. The van der Waals surface area contributed by atoms with Crippen LogP contribution in [0.4, 0.5) is 5.69 Å². The minimum atomic E-state index is -0.785. The van der Waals surface area contributed by atoms with E-state index in [1.165, 1.54) is 18.1 Å². The normalized spacial score (nSPS) is 15.9. The molecule has 0 spiro atoms. The van der Waals surface area contributed by atoms with Crippen molar-refractivity contribution in [2.45, 2.75) is 6.10 Å². The van der Waals surface area contributed by atoms with Gasteiger partial charge in [0.05, 0.1) is 29.5 Å². The maximum atomic E-state index is 13.1. The van der Waals surface area contributed by atoms with Crippen molar-refractivity contribution in [3.63, 3.8) is 0 Å². The number of nitrogens with zero attached hydrogens (tertiary/aromatic N) is 3. The van der Waals surface area contributed by atoms with Gasteiger partial charge in [0, 0.05) is 7.05 Å². The van der Waals surface area contributed by atoms with Gasteiger partial charge in [-0.3, -0.25) is 19.5 Å². The molecule has 26 heavy (non-hydrogen) atoms. The summed E-state index contributed by atoms with van der Waals surface area (Å²) in [5.74, 6) is -0.135. The molecule has 1 aromatic heterocycles. The first kappa shape index (κ1) is 16.0. The van der Waals surface area contributed by atoms with Crippen LogP contribution < -0.4 is 15.0 Å². The highest BCUT2D eigenvalue weighted by atomic mass is 16.5. The highest BCUT2D eigenvalue weighted by molar-refractivity contribution is 6.07. The monoisotopic (exact) mass is 348 g/mol. The van der Waals surface area contributed by atoms with Crippen molar-refractivity contribution in [2.24, 2.45) is 0 Å². The van der Waals surface area contributed by atoms with Crippen LogP contribution in [0.2, 0.25) is 0 Å². The fourth-order valence-corrected chi connectivity index (χ4v) is 2.92. The first-order chi connectivity index (χ1) is 12.7. The van der Waals surface area contributed by atoms with Crippen molar-refractivity contribution >= 4 is 28.5 Å². The van der Waals surface area contributed by atoms with Crippen LogP contribution in [0, 0.1) is 0 Å². The average molecular weight is 348 g/mol. The Bertz CT molecular complexity index is 1000. The lowest BCUT2D eigenvalue weighted by Crippen LogP contribution is -2.50. The number of fused-ring (bicyclic) bond motifs is 2. The maximum absolute atomic E-state index is 13.1. The molecule has 130 valence electrons. The van der Waals surface area contributed by atoms with E-state index in [0.717, 1.165) is 5.52 Å². The van der Waals surface area contributed by atoms with Crippen LogP contribution in [-0.4, -0.2) is 41.5 Å². The van der Waals surface area contributed by atoms with Crippen LogP contribution in [0.15, 0.2) is 54.7 Å². The molecule has 2 heterocycles. The van der Waals surface area contributed by atoms with E-state index in [1.54, 1.807) is 24.3 Å². The van der Waals surface area contributed by atoms with Crippen molar-refractivity contribution < 1.29 is 14.3 Å². The van der Waals surface area contributed by atoms with Crippen molar-refractivity contribution in [1.29, 1.82) is 0 Å². The highest BCUT2D eigenvalue weighted by Gasteiger charge is 2.34. The standard InChI is InChI=1S/C19H16N4O3/c1-20-18(24)17-11-23(15-8-4-5-9-16(15)26-17)19(25)14-10-21-12-6-2-3-7-13(12)22-14/h2-10,17H,11H2,1H3,(H,20,24)/t17-/m1/s1. The molecule has 0 radical (unpaired) electrons. The first-order valence-corrected chi connectivity index (χ1v) is 8.18. The molecule has 4 rings (SSSR count). The number of carbonyl (C=O) groups excluding carboxylic acids is 2. The molecular formula is C19H16N4O3. The van der Waals surface area contributed by atoms with Gasteiger partial charge >= 0.3 is 0 Å². The van der Waals surface area contributed by atoms with Crippen LogP contribution in [0.5, 0.6) is 5.75 Å². The van der Waals surface area contributed by atoms with Gasteiger partial charge < -0.3 is 10.1 Å². The van der Waals surface area contributed by atoms with Crippen LogP contribution in [-0.2, 0) is 4.79 Å². The molecule has 7 heteroatoms. The Kier molecular flexibility index (Phi) is 3.96. The summed E-state index contributed by atoms with van der Waals surface area (Å²) in [4.78, 5) is 35.4. The van der Waals surface area contributed by atoms with Crippen LogP contribution in [0.1, 0.15) is 10.5 Å². The van der Waals surface area contributed by atoms with Crippen LogP contribution >= 0.6 is 0 Å². The molecule has 3 aromatic rings. The van der Waals surface area contributed by atoms with Gasteiger partial charge in [-0.15, -0.1) is 0 Å². The average Bonchev–Trinajstić information content (AvgIpc) is 2.71. The van der Waals surface area contributed by atoms with Crippen LogP contribution in [0.3, 0.4) is 0 Å². The lowest BCUT2D eigenvalue weighted by atomic mass is 10.1. The molecule has 1 aliphatic rings. The fraction of sp³-hybridized carbons (Fsp3) is 0.158. The number of aromatic nitrogens is 2. The summed E-state index contributed by atoms with van der Waals surface area (Å²) in [7, 11) is 1.53. The molecule has 0 fully saturated rings. The lowest BCUT2D eigenvalue weighted by molar-refractivity contribution is -0.127. The van der Waals surface area contributed by atoms with Crippen molar-refractivity contribution in [3.8, 4) is 5.75 Å². The molecule has 1 N–H and O–H groups in total. The Morgan fingerprint density at radius 2 is 1.85 bits per heavy atom. The van der Waals surface area contributed by atoms with E-state index in [0.29, 0.717) is 17.0 Å². The van der Waals surface area contributed by atoms with Gasteiger partial charge in [0.15, 0.2) is 6.10 Å². The molecule has 1 atom stereocenters. The first-order valence-electron chi connectivity index (χ1n) is 8.18. The number of rotatable bonds is 2. The Morgan fingerprint density at radius 3 is 2.65 bits per heavy atom. The maximum Gasteiger partial charge on any atom is 0.278 e. The summed E-state index contributed by atoms with van der Waals surface area (Å²) in [6.45, 7) is 0.101. The van der Waals surface area contributed by atoms with E-state index in [2.05, 4.69) is 15.3 Å². The van der Waals surface area contributed by atoms with E-state index >= 15 is 0 Å². The largest absolute Gasteiger partial charge is 0.477 e. The highest BCUT2D eigenvalue weighted by Crippen LogP contribution is 2.34. The lowest BCUT2D eigenvalue weighted by Gasteiger charge is -2.33. The molecule has 1 aliphatic heterocycles. The summed E-state index contributed by atoms with van der Waals surface area (Å²) in [5.41, 5.74) is 2.18. The second kappa shape index (κ2) is 6.44. The zero-order valence-corrected chi connectivity index (χ0v) is 14.0. The molecule has 0 bridgehead atoms. The zero-order chi connectivity index (χ0) is 18.1. The van der Waals surface area contributed by atoms with Gasteiger partial charge in [0.2, 0.25) is 0 Å². The van der Waals surface area contributed by atoms with E-state index in [4.69, 9.17) is 4.74 Å². The molecule has 7 nitrogen and oxygen atoms in total. The minimum Gasteiger partial charge on any atom is -0.477 e. The third-order valence-electron chi connectivity index (χ3n) is 4.23. The number of ether oxygens (including phenoxy) is 1. The van der Waals surface area contributed by atoms with Gasteiger partial charge in [0.25, 0.3) is 11.8 Å². The summed E-state index contributed by atoms with van der Waals surface area (Å²) in [6.07, 6.45) is 0.671. The van der Waals surface area contributed by atoms with E-state index in [-0.39, 0.29) is 24.1 Å². The predicted octanol–water partition coefficient (Wildman–Crippen LogP) is 1.78. The molecule has 0 saturated heterocycles. The number of carbonyl (C=O) groups is 2. The number of nitrogens with one attached hydrogen (secondary N) is 1. The van der Waals surface area contributed by atoms with E-state index in [1.807, 2.05) is 24.3 Å². The van der Waals surface area contributed by atoms with Gasteiger partial charge in [-0.2, -0.15) is 0 Å². The number of likely N-dealkylation sites (N-methyl/N-ethyl adjacent to an activating group) is 1. The smallest absolute Gasteiger partial charge is 0.278 e. The van der Waals surface area contributed by atoms with Gasteiger partial charge in [-0.05, 0) is 24.3 Å². The number of amides is 2. The van der Waals surface area contributed by atoms with E-state index in [9.17, 15) is 9.59 Å². The summed E-state index contributed by atoms with van der Waals surface area (Å²) >= 11 is 0. The zero-order valence-electron chi connectivity index (χ0n) is 14.0. The molecule has 0 saturated carbocycles. The number of benzene rings is 2. The quantitative estimate of drug-likeness (QED) is 0.763. The summed E-state index contributed by atoms with van der Waals surface area (Å²) < 4.78 is 5.73. The van der Waals surface area contributed by atoms with Crippen molar-refractivity contribution in [1.82, 2.24) is 15.3 Å². The molecule has 2 aromatic carbocycles. The Morgan fingerprint density at radius 1 is 1.12 bits per heavy atom. The SMILES string of the molecule is CNC(=O)[C@H]1CN(C(=O)c2cnc3ccccc3n2)c2ccccc2O1. The van der Waals surface area contributed by atoms with Gasteiger partial charge in [-0.1, -0.05) is 24.3 Å². The van der Waals surface area contributed by atoms with E-state index < -0.39 is 6.10 Å². The van der Waals surface area contributed by atoms with Crippen molar-refractivity contribution in [2.75, 3.05) is 18.5 Å². The third kappa shape index (κ3) is 2.73. The third-order valence-corrected chi connectivity index (χ3v) is 4.23. The van der Waals surface area contributed by atoms with Gasteiger partial charge in [0.1, 0.15) is 11.4 Å². The van der Waals surface area contributed by atoms with Gasteiger partial charge in [-0.25, -0.2) is 4.98 Å². The molecule has 0 aliphatic carbocycles. The minimum absolute atomic E-state index is 0.101. The number of para-hydroxylation sites is 4. The van der Waals surface area contributed by atoms with Crippen LogP contribution in [0.25, 0.3) is 11.0 Å². The number of hydrogen-bond acceptors (Lipinski definition) is 5. The number of anilines is 1. The molecule has 2 amide bonds. The topological polar surface area (TPSA) is 84.4 Å². The molecular weight excluding hydrogens is 332 g/mol. The second-order valence-electron chi connectivity index (χ2n) is 5.85. The fourth-order valence-electron chi connectivity index (χ4n) is 2.92. The Labute approximate surface area is 149 Å². The predicted molar refractivity (Wildman–Crippen MR) is 96.1 cm³/mol. The molecule has 0 unspecified atom stereocenters. The van der Waals surface area contributed by atoms with Crippen molar-refractivity contribution in [3.05, 3.63) is 60.4 Å². The summed E-state index contributed by atoms with van der Waals surface area (Å²) in [5, 5.41) is 2.56. The Hall–Kier alpha value is -3.48.